The number of hydrogen-bond acceptors (Lipinski definition) is 4. The van der Waals surface area contributed by atoms with Gasteiger partial charge < -0.3 is 5.11 Å². The van der Waals surface area contributed by atoms with Crippen LogP contribution in [0, 0.1) is 0 Å². The molecule has 0 amide bonds. The van der Waals surface area contributed by atoms with Gasteiger partial charge in [-0.15, -0.1) is 0 Å². The number of aromatic nitrogens is 1. The van der Waals surface area contributed by atoms with Gasteiger partial charge in [0.05, 0.1) is 17.0 Å². The normalized spacial score (nSPS) is 21.5. The fraction of sp³-hybridized carbons (Fsp3) is 0.190. The zero-order chi connectivity index (χ0) is 18.9. The molecular weight excluding hydrogens is 360 g/mol. The van der Waals surface area contributed by atoms with Crippen molar-refractivity contribution in [2.45, 2.75) is 30.0 Å². The number of fused-ring (bicyclic) bond motifs is 1. The summed E-state index contributed by atoms with van der Waals surface area (Å²) in [6.07, 6.45) is 1.09. The molecule has 0 saturated heterocycles. The summed E-state index contributed by atoms with van der Waals surface area (Å²) >= 11 is 0. The Labute approximate surface area is 159 Å². The van der Waals surface area contributed by atoms with Crippen molar-refractivity contribution in [2.75, 3.05) is 0 Å². The van der Waals surface area contributed by atoms with Gasteiger partial charge in [0.15, 0.2) is 0 Å². The van der Waals surface area contributed by atoms with E-state index in [2.05, 4.69) is 4.98 Å². The van der Waals surface area contributed by atoms with E-state index in [0.29, 0.717) is 12.0 Å². The molecule has 27 heavy (non-hydrogen) atoms. The average Bonchev–Trinajstić information content (AvgIpc) is 2.71. The molecular formula is C21H20N2O3S. The van der Waals surface area contributed by atoms with Gasteiger partial charge in [0, 0.05) is 30.4 Å². The average molecular weight is 380 g/mol. The molecule has 0 spiro atoms. The van der Waals surface area contributed by atoms with E-state index in [1.165, 1.54) is 4.31 Å². The van der Waals surface area contributed by atoms with Crippen molar-refractivity contribution in [3.8, 4) is 0 Å². The summed E-state index contributed by atoms with van der Waals surface area (Å²) in [5.74, 6) is 0. The van der Waals surface area contributed by atoms with Crippen molar-refractivity contribution in [1.82, 2.24) is 9.29 Å². The zero-order valence-corrected chi connectivity index (χ0v) is 15.5. The van der Waals surface area contributed by atoms with E-state index in [9.17, 15) is 13.5 Å². The molecule has 2 aromatic carbocycles. The summed E-state index contributed by atoms with van der Waals surface area (Å²) in [5, 5.41) is 11.0. The lowest BCUT2D eigenvalue weighted by molar-refractivity contribution is 0.0764. The molecule has 4 rings (SSSR count). The van der Waals surface area contributed by atoms with Crippen molar-refractivity contribution in [2.24, 2.45) is 0 Å². The Morgan fingerprint density at radius 2 is 1.63 bits per heavy atom. The minimum Gasteiger partial charge on any atom is -0.387 e. The third-order valence-corrected chi connectivity index (χ3v) is 6.83. The molecule has 0 unspecified atom stereocenters. The molecule has 0 bridgehead atoms. The Morgan fingerprint density at radius 3 is 2.37 bits per heavy atom. The number of rotatable bonds is 4. The first-order chi connectivity index (χ1) is 13.1. The summed E-state index contributed by atoms with van der Waals surface area (Å²) in [7, 11) is -3.74. The number of nitrogens with zero attached hydrogens (tertiary/aromatic N) is 2. The van der Waals surface area contributed by atoms with Crippen LogP contribution in [0.5, 0.6) is 0 Å². The van der Waals surface area contributed by atoms with Crippen molar-refractivity contribution in [1.29, 1.82) is 0 Å². The number of pyridine rings is 1. The Morgan fingerprint density at radius 1 is 0.926 bits per heavy atom. The van der Waals surface area contributed by atoms with Gasteiger partial charge in [-0.05, 0) is 23.8 Å². The highest BCUT2D eigenvalue weighted by molar-refractivity contribution is 7.89. The van der Waals surface area contributed by atoms with E-state index in [-0.39, 0.29) is 11.4 Å². The number of benzene rings is 2. The Bertz CT molecular complexity index is 1020. The van der Waals surface area contributed by atoms with Gasteiger partial charge in [-0.25, -0.2) is 8.42 Å². The number of hydrogen-bond donors (Lipinski definition) is 1. The van der Waals surface area contributed by atoms with Gasteiger partial charge >= 0.3 is 0 Å². The van der Waals surface area contributed by atoms with Gasteiger partial charge in [0.1, 0.15) is 0 Å². The number of sulfonamides is 1. The smallest absolute Gasteiger partial charge is 0.244 e. The Kier molecular flexibility index (Phi) is 4.78. The van der Waals surface area contributed by atoms with Crippen LogP contribution in [0.25, 0.3) is 0 Å². The number of aliphatic hydroxyl groups excluding tert-OH is 1. The summed E-state index contributed by atoms with van der Waals surface area (Å²) in [5.41, 5.74) is 2.07. The molecule has 5 nitrogen and oxygen atoms in total. The SMILES string of the molecule is O=S1(=O)c2ccccc2[C@@H](O)[C@H](Cc2ccccn2)N1Cc1ccccc1. The predicted molar refractivity (Wildman–Crippen MR) is 102 cm³/mol. The maximum absolute atomic E-state index is 13.3. The summed E-state index contributed by atoms with van der Waals surface area (Å²) in [6, 6.07) is 21.0. The highest BCUT2D eigenvalue weighted by Gasteiger charge is 2.43. The van der Waals surface area contributed by atoms with Crippen molar-refractivity contribution < 1.29 is 13.5 Å². The second-order valence-corrected chi connectivity index (χ2v) is 8.47. The van der Waals surface area contributed by atoms with Crippen LogP contribution in [0.3, 0.4) is 0 Å². The van der Waals surface area contributed by atoms with Crippen LogP contribution in [-0.4, -0.2) is 28.9 Å². The fourth-order valence-corrected chi connectivity index (χ4v) is 5.40. The molecule has 2 heterocycles. The Hall–Kier alpha value is -2.54. The van der Waals surface area contributed by atoms with Crippen LogP contribution in [0.15, 0.2) is 83.9 Å². The lowest BCUT2D eigenvalue weighted by atomic mass is 9.97. The molecule has 6 heteroatoms. The fourth-order valence-electron chi connectivity index (χ4n) is 3.54. The summed E-state index contributed by atoms with van der Waals surface area (Å²) in [4.78, 5) is 4.49. The Balaban J connectivity index is 1.80. The summed E-state index contributed by atoms with van der Waals surface area (Å²) < 4.78 is 28.1. The van der Waals surface area contributed by atoms with Crippen LogP contribution in [0.2, 0.25) is 0 Å². The first-order valence-corrected chi connectivity index (χ1v) is 10.2. The van der Waals surface area contributed by atoms with E-state index < -0.39 is 22.2 Å². The highest BCUT2D eigenvalue weighted by Crippen LogP contribution is 2.38. The van der Waals surface area contributed by atoms with E-state index in [0.717, 1.165) is 11.3 Å². The first-order valence-electron chi connectivity index (χ1n) is 8.80. The second-order valence-electron chi connectivity index (χ2n) is 6.61. The highest BCUT2D eigenvalue weighted by atomic mass is 32.2. The maximum atomic E-state index is 13.3. The minimum atomic E-state index is -3.74. The van der Waals surface area contributed by atoms with Crippen LogP contribution in [-0.2, 0) is 23.0 Å². The minimum absolute atomic E-state index is 0.172. The predicted octanol–water partition coefficient (Wildman–Crippen LogP) is 2.93. The standard InChI is InChI=1S/C21H20N2O3S/c24-21-18-11-4-5-12-20(18)27(25,26)23(15-16-8-2-1-3-9-16)19(21)14-17-10-6-7-13-22-17/h1-13,19,21,24H,14-15H2/t19-,21+/m0/s1. The van der Waals surface area contributed by atoms with E-state index in [4.69, 9.17) is 0 Å². The van der Waals surface area contributed by atoms with E-state index >= 15 is 0 Å². The van der Waals surface area contributed by atoms with Gasteiger partial charge in [-0.1, -0.05) is 54.6 Å². The molecule has 0 saturated carbocycles. The van der Waals surface area contributed by atoms with Gasteiger partial charge in [-0.2, -0.15) is 4.31 Å². The third kappa shape index (κ3) is 3.39. The molecule has 0 fully saturated rings. The largest absolute Gasteiger partial charge is 0.387 e. The molecule has 138 valence electrons. The van der Waals surface area contributed by atoms with Gasteiger partial charge in [0.25, 0.3) is 0 Å². The molecule has 3 aromatic rings. The van der Waals surface area contributed by atoms with Crippen molar-refractivity contribution >= 4 is 10.0 Å². The second kappa shape index (κ2) is 7.23. The van der Waals surface area contributed by atoms with E-state index in [1.54, 1.807) is 30.5 Å². The maximum Gasteiger partial charge on any atom is 0.244 e. The lowest BCUT2D eigenvalue weighted by Crippen LogP contribution is -2.48. The quantitative estimate of drug-likeness (QED) is 0.756. The topological polar surface area (TPSA) is 70.5 Å². The third-order valence-electron chi connectivity index (χ3n) is 4.88. The lowest BCUT2D eigenvalue weighted by Gasteiger charge is -2.39. The summed E-state index contributed by atoms with van der Waals surface area (Å²) in [6.45, 7) is 0.200. The molecule has 1 aliphatic rings. The monoisotopic (exact) mass is 380 g/mol. The van der Waals surface area contributed by atoms with Crippen LogP contribution in [0.4, 0.5) is 0 Å². The van der Waals surface area contributed by atoms with Gasteiger partial charge in [0.2, 0.25) is 10.0 Å². The molecule has 0 radical (unpaired) electrons. The molecule has 1 aliphatic heterocycles. The molecule has 1 aromatic heterocycles. The van der Waals surface area contributed by atoms with E-state index in [1.807, 2.05) is 48.5 Å². The van der Waals surface area contributed by atoms with Gasteiger partial charge in [-0.3, -0.25) is 4.98 Å². The number of aliphatic hydroxyl groups is 1. The van der Waals surface area contributed by atoms with Crippen LogP contribution in [0.1, 0.15) is 22.9 Å². The van der Waals surface area contributed by atoms with Crippen molar-refractivity contribution in [3.05, 3.63) is 95.8 Å². The zero-order valence-electron chi connectivity index (χ0n) is 14.6. The molecule has 1 N–H and O–H groups in total. The first kappa shape index (κ1) is 17.9. The molecule has 2 atom stereocenters. The van der Waals surface area contributed by atoms with Crippen LogP contribution >= 0.6 is 0 Å². The van der Waals surface area contributed by atoms with Crippen molar-refractivity contribution in [3.63, 3.8) is 0 Å². The van der Waals surface area contributed by atoms with Crippen LogP contribution < -0.4 is 0 Å². The molecule has 0 aliphatic carbocycles.